The van der Waals surface area contributed by atoms with Crippen LogP contribution in [0.4, 0.5) is 0 Å². The Morgan fingerprint density at radius 2 is 2.05 bits per heavy atom. The van der Waals surface area contributed by atoms with Crippen LogP contribution in [-0.4, -0.2) is 18.0 Å². The number of pyridine rings is 1. The Morgan fingerprint density at radius 1 is 1.33 bits per heavy atom. The third-order valence-electron chi connectivity index (χ3n) is 3.24. The highest BCUT2D eigenvalue weighted by Crippen LogP contribution is 2.21. The topological polar surface area (TPSA) is 51.2 Å². The fraction of sp³-hybridized carbons (Fsp3) is 0.250. The van der Waals surface area contributed by atoms with Crippen LogP contribution in [0, 0.1) is 0 Å². The largest absolute Gasteiger partial charge is 0.497 e. The molecule has 4 nitrogen and oxygen atoms in total. The van der Waals surface area contributed by atoms with Gasteiger partial charge in [-0.25, -0.2) is 4.98 Å². The molecule has 0 aliphatic heterocycles. The van der Waals surface area contributed by atoms with Crippen LogP contribution in [0.3, 0.4) is 0 Å². The standard InChI is InChI=1S/C16H17BrN2O2/c1-3-14(11-6-8-12(21-2)9-7-11)19-16(20)13-5-4-10-18-15(13)17/h4-10,14H,3H2,1-2H3,(H,19,20). The number of carbonyl (C=O) groups is 1. The Morgan fingerprint density at radius 3 is 2.62 bits per heavy atom. The van der Waals surface area contributed by atoms with E-state index >= 15 is 0 Å². The number of hydrogen-bond acceptors (Lipinski definition) is 3. The van der Waals surface area contributed by atoms with E-state index in [-0.39, 0.29) is 11.9 Å². The number of amides is 1. The van der Waals surface area contributed by atoms with E-state index in [0.717, 1.165) is 17.7 Å². The van der Waals surface area contributed by atoms with Crippen molar-refractivity contribution in [3.8, 4) is 5.75 Å². The van der Waals surface area contributed by atoms with Crippen molar-refractivity contribution < 1.29 is 9.53 Å². The van der Waals surface area contributed by atoms with Crippen LogP contribution >= 0.6 is 15.9 Å². The van der Waals surface area contributed by atoms with Gasteiger partial charge in [0.1, 0.15) is 10.4 Å². The first-order valence-corrected chi connectivity index (χ1v) is 7.50. The molecule has 0 bridgehead atoms. The van der Waals surface area contributed by atoms with E-state index in [1.54, 1.807) is 25.4 Å². The van der Waals surface area contributed by atoms with Crippen molar-refractivity contribution in [1.29, 1.82) is 0 Å². The van der Waals surface area contributed by atoms with Crippen molar-refractivity contribution >= 4 is 21.8 Å². The lowest BCUT2D eigenvalue weighted by Crippen LogP contribution is -2.28. The summed E-state index contributed by atoms with van der Waals surface area (Å²) in [5.41, 5.74) is 1.58. The average molecular weight is 349 g/mol. The maximum atomic E-state index is 12.3. The fourth-order valence-corrected chi connectivity index (χ4v) is 2.48. The highest BCUT2D eigenvalue weighted by atomic mass is 79.9. The molecule has 1 aromatic heterocycles. The lowest BCUT2D eigenvalue weighted by Gasteiger charge is -2.18. The molecule has 2 aromatic rings. The maximum absolute atomic E-state index is 12.3. The summed E-state index contributed by atoms with van der Waals surface area (Å²) in [7, 11) is 1.63. The molecule has 0 fully saturated rings. The minimum Gasteiger partial charge on any atom is -0.497 e. The summed E-state index contributed by atoms with van der Waals surface area (Å²) in [5, 5.41) is 3.03. The van der Waals surface area contributed by atoms with E-state index in [1.165, 1.54) is 0 Å². The van der Waals surface area contributed by atoms with E-state index in [2.05, 4.69) is 26.2 Å². The molecule has 1 unspecified atom stereocenters. The van der Waals surface area contributed by atoms with Crippen LogP contribution < -0.4 is 10.1 Å². The normalized spacial score (nSPS) is 11.8. The van der Waals surface area contributed by atoms with Gasteiger partial charge in [0.25, 0.3) is 5.91 Å². The summed E-state index contributed by atoms with van der Waals surface area (Å²) in [6.07, 6.45) is 2.44. The molecular weight excluding hydrogens is 332 g/mol. The summed E-state index contributed by atoms with van der Waals surface area (Å²) < 4.78 is 5.70. The summed E-state index contributed by atoms with van der Waals surface area (Å²) in [6.45, 7) is 2.04. The van der Waals surface area contributed by atoms with E-state index in [1.807, 2.05) is 31.2 Å². The number of carbonyl (C=O) groups excluding carboxylic acids is 1. The molecule has 0 spiro atoms. The molecule has 0 radical (unpaired) electrons. The van der Waals surface area contributed by atoms with Crippen molar-refractivity contribution in [2.24, 2.45) is 0 Å². The van der Waals surface area contributed by atoms with Crippen molar-refractivity contribution in [2.45, 2.75) is 19.4 Å². The van der Waals surface area contributed by atoms with Crippen molar-refractivity contribution in [1.82, 2.24) is 10.3 Å². The van der Waals surface area contributed by atoms with Crippen LogP contribution in [0.25, 0.3) is 0 Å². The molecule has 1 atom stereocenters. The number of nitrogens with zero attached hydrogens (tertiary/aromatic N) is 1. The van der Waals surface area contributed by atoms with Crippen LogP contribution in [0.5, 0.6) is 5.75 Å². The molecule has 21 heavy (non-hydrogen) atoms. The third kappa shape index (κ3) is 3.82. The highest BCUT2D eigenvalue weighted by molar-refractivity contribution is 9.10. The first-order valence-electron chi connectivity index (χ1n) is 6.71. The lowest BCUT2D eigenvalue weighted by atomic mass is 10.0. The van der Waals surface area contributed by atoms with Gasteiger partial charge in [-0.1, -0.05) is 19.1 Å². The zero-order valence-corrected chi connectivity index (χ0v) is 13.6. The quantitative estimate of drug-likeness (QED) is 0.837. The predicted molar refractivity (Wildman–Crippen MR) is 85.4 cm³/mol. The summed E-state index contributed by atoms with van der Waals surface area (Å²) in [4.78, 5) is 16.4. The Balaban J connectivity index is 2.15. The molecule has 1 N–H and O–H groups in total. The number of nitrogens with one attached hydrogen (secondary N) is 1. The summed E-state index contributed by atoms with van der Waals surface area (Å²) in [6, 6.07) is 11.2. The number of rotatable bonds is 5. The smallest absolute Gasteiger partial charge is 0.254 e. The van der Waals surface area contributed by atoms with Gasteiger partial charge in [-0.3, -0.25) is 4.79 Å². The number of hydrogen-bond donors (Lipinski definition) is 1. The second kappa shape index (κ2) is 7.22. The zero-order chi connectivity index (χ0) is 15.2. The van der Waals surface area contributed by atoms with Crippen molar-refractivity contribution in [3.05, 3.63) is 58.3 Å². The van der Waals surface area contributed by atoms with Gasteiger partial charge in [0.05, 0.1) is 18.7 Å². The molecular formula is C16H17BrN2O2. The first kappa shape index (κ1) is 15.5. The minimum absolute atomic E-state index is 0.0458. The average Bonchev–Trinajstić information content (AvgIpc) is 2.53. The Hall–Kier alpha value is -1.88. The van der Waals surface area contributed by atoms with Crippen LogP contribution in [0.1, 0.15) is 35.3 Å². The maximum Gasteiger partial charge on any atom is 0.254 e. The second-order valence-corrected chi connectivity index (χ2v) is 5.30. The van der Waals surface area contributed by atoms with Gasteiger partial charge in [-0.15, -0.1) is 0 Å². The molecule has 0 aliphatic carbocycles. The lowest BCUT2D eigenvalue weighted by molar-refractivity contribution is 0.0934. The van der Waals surface area contributed by atoms with E-state index in [4.69, 9.17) is 4.74 Å². The van der Waals surface area contributed by atoms with Gasteiger partial charge >= 0.3 is 0 Å². The minimum atomic E-state index is -0.141. The van der Waals surface area contributed by atoms with Crippen molar-refractivity contribution in [2.75, 3.05) is 7.11 Å². The van der Waals surface area contributed by atoms with Gasteiger partial charge < -0.3 is 10.1 Å². The SMILES string of the molecule is CCC(NC(=O)c1cccnc1Br)c1ccc(OC)cc1. The molecule has 5 heteroatoms. The molecule has 2 rings (SSSR count). The monoisotopic (exact) mass is 348 g/mol. The Kier molecular flexibility index (Phi) is 5.33. The third-order valence-corrected chi connectivity index (χ3v) is 3.87. The molecule has 0 saturated heterocycles. The number of ether oxygens (including phenoxy) is 1. The summed E-state index contributed by atoms with van der Waals surface area (Å²) >= 11 is 3.30. The Labute approximate surface area is 132 Å². The summed E-state index contributed by atoms with van der Waals surface area (Å²) in [5.74, 6) is 0.660. The van der Waals surface area contributed by atoms with Gasteiger partial charge in [0, 0.05) is 6.20 Å². The Bertz CT molecular complexity index is 614. The van der Waals surface area contributed by atoms with Gasteiger partial charge in [0.2, 0.25) is 0 Å². The molecule has 0 aliphatic rings. The second-order valence-electron chi connectivity index (χ2n) is 4.55. The number of aromatic nitrogens is 1. The van der Waals surface area contributed by atoms with Gasteiger partial charge in [0.15, 0.2) is 0 Å². The molecule has 110 valence electrons. The number of methoxy groups -OCH3 is 1. The predicted octanol–water partition coefficient (Wildman–Crippen LogP) is 3.73. The molecule has 0 saturated carbocycles. The fourth-order valence-electron chi connectivity index (χ4n) is 2.05. The van der Waals surface area contributed by atoms with Crippen LogP contribution in [0.2, 0.25) is 0 Å². The molecule has 1 aromatic carbocycles. The van der Waals surface area contributed by atoms with Gasteiger partial charge in [-0.05, 0) is 52.2 Å². The van der Waals surface area contributed by atoms with Crippen LogP contribution in [-0.2, 0) is 0 Å². The highest BCUT2D eigenvalue weighted by Gasteiger charge is 2.16. The van der Waals surface area contributed by atoms with E-state index in [0.29, 0.717) is 10.2 Å². The molecule has 1 amide bonds. The number of benzene rings is 1. The van der Waals surface area contributed by atoms with Gasteiger partial charge in [-0.2, -0.15) is 0 Å². The number of halogens is 1. The van der Waals surface area contributed by atoms with E-state index < -0.39 is 0 Å². The first-order chi connectivity index (χ1) is 10.2. The zero-order valence-electron chi connectivity index (χ0n) is 12.0. The van der Waals surface area contributed by atoms with Crippen LogP contribution in [0.15, 0.2) is 47.2 Å². The molecule has 1 heterocycles. The van der Waals surface area contributed by atoms with E-state index in [9.17, 15) is 4.79 Å². The van der Waals surface area contributed by atoms with Crippen molar-refractivity contribution in [3.63, 3.8) is 0 Å².